The predicted octanol–water partition coefficient (Wildman–Crippen LogP) is 14.2. The van der Waals surface area contributed by atoms with Crippen molar-refractivity contribution < 1.29 is 42.1 Å². The molecule has 0 fully saturated rings. The summed E-state index contributed by atoms with van der Waals surface area (Å²) in [5, 5.41) is 0. The number of phosphoric ester groups is 1. The summed E-state index contributed by atoms with van der Waals surface area (Å²) in [4.78, 5) is 35.1. The molecule has 0 bridgehead atoms. The van der Waals surface area contributed by atoms with Gasteiger partial charge in [0.15, 0.2) is 6.10 Å². The predicted molar refractivity (Wildman–Crippen MR) is 252 cm³/mol. The van der Waals surface area contributed by atoms with Crippen molar-refractivity contribution in [1.29, 1.82) is 0 Å². The lowest BCUT2D eigenvalue weighted by molar-refractivity contribution is -0.870. The van der Waals surface area contributed by atoms with Gasteiger partial charge < -0.3 is 18.9 Å². The molecule has 0 heterocycles. The summed E-state index contributed by atoms with van der Waals surface area (Å²) in [6, 6.07) is 0. The quantitative estimate of drug-likeness (QED) is 0.0212. The Morgan fingerprint density at radius 1 is 0.533 bits per heavy atom. The van der Waals surface area contributed by atoms with E-state index in [1.54, 1.807) is 0 Å². The number of phosphoric acid groups is 1. The van der Waals surface area contributed by atoms with Gasteiger partial charge in [-0.1, -0.05) is 191 Å². The summed E-state index contributed by atoms with van der Waals surface area (Å²) in [5.74, 6) is -0.808. The van der Waals surface area contributed by atoms with Crippen LogP contribution in [0, 0.1) is 0 Å². The van der Waals surface area contributed by atoms with Crippen molar-refractivity contribution in [1.82, 2.24) is 0 Å². The third-order valence-electron chi connectivity index (χ3n) is 10.4. The van der Waals surface area contributed by atoms with Crippen LogP contribution in [-0.2, 0) is 32.7 Å². The fourth-order valence-corrected chi connectivity index (χ4v) is 7.34. The molecule has 0 saturated carbocycles. The van der Waals surface area contributed by atoms with E-state index in [4.69, 9.17) is 18.5 Å². The molecule has 1 N–H and O–H groups in total. The minimum atomic E-state index is -4.36. The highest BCUT2D eigenvalue weighted by atomic mass is 31.2. The van der Waals surface area contributed by atoms with Gasteiger partial charge in [-0.2, -0.15) is 0 Å². The van der Waals surface area contributed by atoms with Gasteiger partial charge in [0.05, 0.1) is 27.7 Å². The minimum Gasteiger partial charge on any atom is -0.462 e. The minimum absolute atomic E-state index is 0.0326. The van der Waals surface area contributed by atoms with Crippen LogP contribution < -0.4 is 0 Å². The molecule has 0 aromatic rings. The molecule has 0 saturated heterocycles. The lowest BCUT2D eigenvalue weighted by Gasteiger charge is -2.24. The molecule has 0 aliphatic carbocycles. The van der Waals surface area contributed by atoms with Crippen molar-refractivity contribution in [2.45, 2.75) is 213 Å². The number of hydrogen-bond donors (Lipinski definition) is 1. The van der Waals surface area contributed by atoms with Gasteiger partial charge in [-0.05, 0) is 51.4 Å². The van der Waals surface area contributed by atoms with Gasteiger partial charge >= 0.3 is 19.8 Å². The molecular formula is C50H93NO8P+. The van der Waals surface area contributed by atoms with Gasteiger partial charge in [-0.25, -0.2) is 4.57 Å². The molecule has 2 atom stereocenters. The molecule has 350 valence electrons. The number of quaternary nitrogens is 1. The molecule has 10 heteroatoms. The van der Waals surface area contributed by atoms with Crippen LogP contribution in [0.2, 0.25) is 0 Å². The van der Waals surface area contributed by atoms with Crippen LogP contribution in [0.3, 0.4) is 0 Å². The zero-order chi connectivity index (χ0) is 44.3. The van der Waals surface area contributed by atoms with Gasteiger partial charge in [0.2, 0.25) is 0 Å². The van der Waals surface area contributed by atoms with E-state index in [-0.39, 0.29) is 32.0 Å². The number of allylic oxidation sites excluding steroid dienone is 8. The second-order valence-corrected chi connectivity index (χ2v) is 18.9. The average molecular weight is 867 g/mol. The number of unbranched alkanes of at least 4 members (excludes halogenated alkanes) is 22. The van der Waals surface area contributed by atoms with Gasteiger partial charge in [0.25, 0.3) is 0 Å². The van der Waals surface area contributed by atoms with Crippen molar-refractivity contribution in [3.05, 3.63) is 48.6 Å². The zero-order valence-corrected chi connectivity index (χ0v) is 40.3. The molecule has 0 aromatic heterocycles. The van der Waals surface area contributed by atoms with Crippen LogP contribution in [0.15, 0.2) is 48.6 Å². The van der Waals surface area contributed by atoms with Gasteiger partial charge in [0, 0.05) is 12.8 Å². The van der Waals surface area contributed by atoms with Crippen molar-refractivity contribution in [2.24, 2.45) is 0 Å². The largest absolute Gasteiger partial charge is 0.472 e. The third kappa shape index (κ3) is 45.5. The summed E-state index contributed by atoms with van der Waals surface area (Å²) in [7, 11) is 1.48. The molecular weight excluding hydrogens is 774 g/mol. The summed E-state index contributed by atoms with van der Waals surface area (Å²) in [5.41, 5.74) is 0. The molecule has 0 radical (unpaired) electrons. The zero-order valence-electron chi connectivity index (χ0n) is 39.4. The van der Waals surface area contributed by atoms with Crippen LogP contribution in [0.25, 0.3) is 0 Å². The lowest BCUT2D eigenvalue weighted by atomic mass is 10.0. The summed E-state index contributed by atoms with van der Waals surface area (Å²) in [6.45, 7) is 4.22. The standard InChI is InChI=1S/C50H92NO8P/c1-6-8-10-12-13-14-15-16-17-18-19-20-21-22-23-24-25-26-27-28-29-30-31-32-33-34-35-36-37-39-41-43-50(53)59-48(46-56-49(52)42-40-38-11-9-7-2)47-58-60(54,55)57-45-44-51(3,4)5/h8,10,13-14,16-17,19-20,48H,6-7,9,11-12,15,18,21-47H2,1-5H3/p+1/b10-8-,14-13-,17-16-,20-19-. The van der Waals surface area contributed by atoms with Crippen LogP contribution in [0.5, 0.6) is 0 Å². The first-order valence-electron chi connectivity index (χ1n) is 24.4. The highest BCUT2D eigenvalue weighted by molar-refractivity contribution is 7.47. The Balaban J connectivity index is 3.90. The van der Waals surface area contributed by atoms with Crippen LogP contribution in [0.4, 0.5) is 0 Å². The summed E-state index contributed by atoms with van der Waals surface area (Å²) < 4.78 is 34.1. The number of ether oxygens (including phenoxy) is 2. The molecule has 0 aliphatic heterocycles. The Morgan fingerprint density at radius 3 is 1.42 bits per heavy atom. The number of carbonyl (C=O) groups is 2. The number of rotatable bonds is 44. The number of nitrogens with zero attached hydrogens (tertiary/aromatic N) is 1. The molecule has 2 unspecified atom stereocenters. The van der Waals surface area contributed by atoms with E-state index >= 15 is 0 Å². The third-order valence-corrected chi connectivity index (χ3v) is 11.4. The SMILES string of the molecule is CC/C=C\C/C=C\C/C=C\C/C=C\CCCCCCCCCCCCCCCCCCCCC(=O)OC(COC(=O)CCCCCCC)COP(=O)(O)OCC[N+](C)(C)C. The molecule has 0 amide bonds. The van der Waals surface area contributed by atoms with E-state index in [2.05, 4.69) is 62.5 Å². The monoisotopic (exact) mass is 867 g/mol. The van der Waals surface area contributed by atoms with E-state index in [9.17, 15) is 19.0 Å². The number of esters is 2. The van der Waals surface area contributed by atoms with Crippen molar-refractivity contribution in [3.8, 4) is 0 Å². The smallest absolute Gasteiger partial charge is 0.462 e. The molecule has 60 heavy (non-hydrogen) atoms. The van der Waals surface area contributed by atoms with Gasteiger partial charge in [-0.15, -0.1) is 0 Å². The van der Waals surface area contributed by atoms with Crippen LogP contribution in [-0.4, -0.2) is 74.9 Å². The van der Waals surface area contributed by atoms with E-state index in [1.807, 2.05) is 21.1 Å². The molecule has 0 aliphatic rings. The van der Waals surface area contributed by atoms with Crippen molar-refractivity contribution >= 4 is 19.8 Å². The highest BCUT2D eigenvalue weighted by Gasteiger charge is 2.27. The second-order valence-electron chi connectivity index (χ2n) is 17.5. The number of likely N-dealkylation sites (N-methyl/N-ethyl adjacent to an activating group) is 1. The number of carbonyl (C=O) groups excluding carboxylic acids is 2. The maximum atomic E-state index is 12.7. The Morgan fingerprint density at radius 2 is 0.950 bits per heavy atom. The Bertz CT molecular complexity index is 1160. The Labute approximate surface area is 369 Å². The topological polar surface area (TPSA) is 108 Å². The average Bonchev–Trinajstić information content (AvgIpc) is 3.20. The molecule has 0 rings (SSSR count). The van der Waals surface area contributed by atoms with E-state index in [0.29, 0.717) is 17.4 Å². The first kappa shape index (κ1) is 58.0. The molecule has 0 aromatic carbocycles. The second kappa shape index (κ2) is 42.3. The molecule has 9 nitrogen and oxygen atoms in total. The molecule has 0 spiro atoms. The van der Waals surface area contributed by atoms with Crippen molar-refractivity contribution in [3.63, 3.8) is 0 Å². The van der Waals surface area contributed by atoms with Crippen molar-refractivity contribution in [2.75, 3.05) is 47.5 Å². The number of hydrogen-bond acceptors (Lipinski definition) is 7. The maximum absolute atomic E-state index is 12.7. The fraction of sp³-hybridized carbons (Fsp3) is 0.800. The van der Waals surface area contributed by atoms with E-state index in [1.165, 1.54) is 103 Å². The van der Waals surface area contributed by atoms with E-state index in [0.717, 1.165) is 70.6 Å². The van der Waals surface area contributed by atoms with Crippen LogP contribution >= 0.6 is 7.82 Å². The maximum Gasteiger partial charge on any atom is 0.472 e. The Hall–Kier alpha value is -2.03. The first-order chi connectivity index (χ1) is 29.0. The highest BCUT2D eigenvalue weighted by Crippen LogP contribution is 2.43. The Kier molecular flexibility index (Phi) is 40.8. The fourth-order valence-electron chi connectivity index (χ4n) is 6.59. The van der Waals surface area contributed by atoms with E-state index < -0.39 is 26.5 Å². The summed E-state index contributed by atoms with van der Waals surface area (Å²) in [6.07, 6.45) is 50.9. The van der Waals surface area contributed by atoms with Gasteiger partial charge in [0.1, 0.15) is 19.8 Å². The van der Waals surface area contributed by atoms with Gasteiger partial charge in [-0.3, -0.25) is 18.6 Å². The lowest BCUT2D eigenvalue weighted by Crippen LogP contribution is -2.37. The first-order valence-corrected chi connectivity index (χ1v) is 25.9. The normalized spacial score (nSPS) is 13.9. The van der Waals surface area contributed by atoms with Crippen LogP contribution in [0.1, 0.15) is 206 Å². The summed E-state index contributed by atoms with van der Waals surface area (Å²) >= 11 is 0.